The molecule has 1 unspecified atom stereocenters. The van der Waals surface area contributed by atoms with Gasteiger partial charge in [-0.05, 0) is 30.2 Å². The molecule has 2 aromatic carbocycles. The van der Waals surface area contributed by atoms with Crippen LogP contribution in [-0.2, 0) is 4.79 Å². The summed E-state index contributed by atoms with van der Waals surface area (Å²) >= 11 is 1.31. The molecule has 1 heterocycles. The van der Waals surface area contributed by atoms with Crippen LogP contribution in [0.25, 0.3) is 0 Å². The first-order valence-electron chi connectivity index (χ1n) is 9.16. The van der Waals surface area contributed by atoms with Gasteiger partial charge >= 0.3 is 0 Å². The molecule has 0 radical (unpaired) electrons. The topological polar surface area (TPSA) is 58.6 Å². The van der Waals surface area contributed by atoms with Crippen molar-refractivity contribution in [1.29, 1.82) is 0 Å². The van der Waals surface area contributed by atoms with Crippen molar-refractivity contribution in [2.24, 2.45) is 0 Å². The number of carbonyl (C=O) groups excluding carboxylic acids is 2. The summed E-state index contributed by atoms with van der Waals surface area (Å²) in [7, 11) is 0. The number of thioether (sulfide) groups is 1. The zero-order chi connectivity index (χ0) is 19.1. The third kappa shape index (κ3) is 5.26. The molecule has 6 heteroatoms. The van der Waals surface area contributed by atoms with Crippen molar-refractivity contribution < 1.29 is 14.3 Å². The van der Waals surface area contributed by atoms with Crippen LogP contribution in [0, 0.1) is 0 Å². The number of carbonyl (C=O) groups is 2. The normalized spacial score (nSPS) is 14.9. The predicted octanol–water partition coefficient (Wildman–Crippen LogP) is 3.85. The van der Waals surface area contributed by atoms with Crippen molar-refractivity contribution in [2.45, 2.75) is 19.4 Å². The Morgan fingerprint density at radius 1 is 1.15 bits per heavy atom. The lowest BCUT2D eigenvalue weighted by atomic mass is 9.98. The lowest BCUT2D eigenvalue weighted by Crippen LogP contribution is -2.33. The zero-order valence-electron chi connectivity index (χ0n) is 15.4. The highest BCUT2D eigenvalue weighted by molar-refractivity contribution is 8.13. The fraction of sp³-hybridized carbons (Fsp3) is 0.333. The smallest absolute Gasteiger partial charge is 0.281 e. The quantitative estimate of drug-likeness (QED) is 0.751. The molecule has 0 spiro atoms. The van der Waals surface area contributed by atoms with Crippen LogP contribution in [0.5, 0.6) is 5.75 Å². The van der Waals surface area contributed by atoms with E-state index in [4.69, 9.17) is 4.74 Å². The summed E-state index contributed by atoms with van der Waals surface area (Å²) in [6, 6.07) is 17.4. The second-order valence-electron chi connectivity index (χ2n) is 6.26. The first-order valence-corrected chi connectivity index (χ1v) is 10.1. The Bertz CT molecular complexity index is 765. The summed E-state index contributed by atoms with van der Waals surface area (Å²) in [5.41, 5.74) is 2.01. The number of nitrogens with one attached hydrogen (secondary N) is 1. The molecule has 0 saturated carbocycles. The fourth-order valence-corrected chi connectivity index (χ4v) is 3.88. The molecular weight excluding hydrogens is 360 g/mol. The standard InChI is InChI=1S/C21H24N2O3S/c1-2-26-18-10-8-17(9-11-18)20(16-6-4-3-5-7-16)22-19(24)12-13-23-14-15-27-21(23)25/h3-11,20H,2,12-15H2,1H3,(H,22,24). The lowest BCUT2D eigenvalue weighted by Gasteiger charge is -2.21. The zero-order valence-corrected chi connectivity index (χ0v) is 16.2. The Morgan fingerprint density at radius 2 is 1.85 bits per heavy atom. The second-order valence-corrected chi connectivity index (χ2v) is 7.31. The number of hydrogen-bond acceptors (Lipinski definition) is 4. The molecule has 142 valence electrons. The third-order valence-electron chi connectivity index (χ3n) is 4.42. The van der Waals surface area contributed by atoms with Crippen molar-refractivity contribution in [3.05, 3.63) is 65.7 Å². The first kappa shape index (κ1) is 19.3. The SMILES string of the molecule is CCOc1ccc(C(NC(=O)CCN2CCSC2=O)c2ccccc2)cc1. The van der Waals surface area contributed by atoms with Gasteiger partial charge in [0.15, 0.2) is 0 Å². The molecule has 3 rings (SSSR count). The number of ether oxygens (including phenoxy) is 1. The monoisotopic (exact) mass is 384 g/mol. The van der Waals surface area contributed by atoms with Gasteiger partial charge in [0.05, 0.1) is 12.6 Å². The molecular formula is C21H24N2O3S. The maximum absolute atomic E-state index is 12.6. The third-order valence-corrected chi connectivity index (χ3v) is 5.31. The highest BCUT2D eigenvalue weighted by atomic mass is 32.2. The number of hydrogen-bond donors (Lipinski definition) is 1. The maximum atomic E-state index is 12.6. The van der Waals surface area contributed by atoms with Gasteiger partial charge in [-0.1, -0.05) is 54.2 Å². The van der Waals surface area contributed by atoms with E-state index in [-0.39, 0.29) is 17.2 Å². The van der Waals surface area contributed by atoms with E-state index in [0.29, 0.717) is 19.6 Å². The van der Waals surface area contributed by atoms with E-state index >= 15 is 0 Å². The summed E-state index contributed by atoms with van der Waals surface area (Å²) in [4.78, 5) is 26.0. The molecule has 0 aromatic heterocycles. The number of nitrogens with zero attached hydrogens (tertiary/aromatic N) is 1. The summed E-state index contributed by atoms with van der Waals surface area (Å²) in [5, 5.41) is 3.18. The average Bonchev–Trinajstić information content (AvgIpc) is 3.11. The lowest BCUT2D eigenvalue weighted by molar-refractivity contribution is -0.121. The minimum absolute atomic E-state index is 0.0638. The van der Waals surface area contributed by atoms with Crippen LogP contribution in [0.2, 0.25) is 0 Å². The summed E-state index contributed by atoms with van der Waals surface area (Å²) in [6.45, 7) is 3.75. The molecule has 1 N–H and O–H groups in total. The Hall–Kier alpha value is -2.47. The van der Waals surface area contributed by atoms with Gasteiger partial charge in [0.2, 0.25) is 5.91 Å². The van der Waals surface area contributed by atoms with Gasteiger partial charge in [0, 0.05) is 25.3 Å². The van der Waals surface area contributed by atoms with Gasteiger partial charge < -0.3 is 15.0 Å². The molecule has 1 aliphatic heterocycles. The van der Waals surface area contributed by atoms with Crippen LogP contribution in [0.4, 0.5) is 4.79 Å². The van der Waals surface area contributed by atoms with Crippen LogP contribution >= 0.6 is 11.8 Å². The fourth-order valence-electron chi connectivity index (χ4n) is 3.03. The highest BCUT2D eigenvalue weighted by Crippen LogP contribution is 2.24. The van der Waals surface area contributed by atoms with Crippen molar-refractivity contribution in [1.82, 2.24) is 10.2 Å². The molecule has 1 aliphatic rings. The molecule has 1 atom stereocenters. The van der Waals surface area contributed by atoms with Crippen molar-refractivity contribution in [3.63, 3.8) is 0 Å². The Morgan fingerprint density at radius 3 is 2.48 bits per heavy atom. The van der Waals surface area contributed by atoms with E-state index < -0.39 is 0 Å². The van der Waals surface area contributed by atoms with Crippen LogP contribution in [-0.4, -0.2) is 41.5 Å². The highest BCUT2D eigenvalue weighted by Gasteiger charge is 2.22. The Labute approximate surface area is 164 Å². The van der Waals surface area contributed by atoms with Crippen molar-refractivity contribution in [2.75, 3.05) is 25.4 Å². The minimum atomic E-state index is -0.238. The van der Waals surface area contributed by atoms with Gasteiger partial charge in [-0.3, -0.25) is 9.59 Å². The van der Waals surface area contributed by atoms with Crippen LogP contribution in [0.3, 0.4) is 0 Å². The van der Waals surface area contributed by atoms with E-state index in [0.717, 1.165) is 29.2 Å². The second kappa shape index (κ2) is 9.46. The first-order chi connectivity index (χ1) is 13.2. The van der Waals surface area contributed by atoms with Gasteiger partial charge in [-0.25, -0.2) is 0 Å². The van der Waals surface area contributed by atoms with Crippen LogP contribution in [0.15, 0.2) is 54.6 Å². The Kier molecular flexibility index (Phi) is 6.76. The molecule has 27 heavy (non-hydrogen) atoms. The van der Waals surface area contributed by atoms with Gasteiger partial charge in [-0.15, -0.1) is 0 Å². The van der Waals surface area contributed by atoms with Crippen LogP contribution < -0.4 is 10.1 Å². The number of amides is 2. The van der Waals surface area contributed by atoms with E-state index in [1.165, 1.54) is 11.8 Å². The molecule has 1 saturated heterocycles. The number of benzene rings is 2. The molecule has 2 amide bonds. The van der Waals surface area contributed by atoms with E-state index in [1.807, 2.05) is 61.5 Å². The van der Waals surface area contributed by atoms with Gasteiger partial charge in [0.25, 0.3) is 5.24 Å². The molecule has 1 fully saturated rings. The van der Waals surface area contributed by atoms with E-state index in [9.17, 15) is 9.59 Å². The largest absolute Gasteiger partial charge is 0.494 e. The van der Waals surface area contributed by atoms with Crippen molar-refractivity contribution >= 4 is 22.9 Å². The molecule has 0 aliphatic carbocycles. The van der Waals surface area contributed by atoms with Crippen LogP contribution in [0.1, 0.15) is 30.5 Å². The maximum Gasteiger partial charge on any atom is 0.281 e. The Balaban J connectivity index is 1.70. The van der Waals surface area contributed by atoms with E-state index in [2.05, 4.69) is 5.32 Å². The summed E-state index contributed by atoms with van der Waals surface area (Å²) in [5.74, 6) is 1.55. The molecule has 5 nitrogen and oxygen atoms in total. The molecule has 2 aromatic rings. The van der Waals surface area contributed by atoms with E-state index in [1.54, 1.807) is 4.90 Å². The van der Waals surface area contributed by atoms with Gasteiger partial charge in [0.1, 0.15) is 5.75 Å². The summed E-state index contributed by atoms with van der Waals surface area (Å²) in [6.07, 6.45) is 0.298. The minimum Gasteiger partial charge on any atom is -0.494 e. The molecule has 0 bridgehead atoms. The predicted molar refractivity (Wildman–Crippen MR) is 108 cm³/mol. The summed E-state index contributed by atoms with van der Waals surface area (Å²) < 4.78 is 5.51. The van der Waals surface area contributed by atoms with Gasteiger partial charge in [-0.2, -0.15) is 0 Å². The average molecular weight is 385 g/mol. The number of rotatable bonds is 8. The van der Waals surface area contributed by atoms with Crippen molar-refractivity contribution in [3.8, 4) is 5.75 Å².